The van der Waals surface area contributed by atoms with E-state index < -0.39 is 28.8 Å². The second-order valence-corrected chi connectivity index (χ2v) is 8.48. The highest BCUT2D eigenvalue weighted by Gasteiger charge is 2.40. The lowest BCUT2D eigenvalue weighted by Crippen LogP contribution is -2.43. The van der Waals surface area contributed by atoms with E-state index in [0.29, 0.717) is 11.6 Å². The Hall–Kier alpha value is -4.44. The van der Waals surface area contributed by atoms with E-state index in [0.717, 1.165) is 17.3 Å². The minimum atomic E-state index is -1.94. The number of aromatic nitrogens is 6. The highest BCUT2D eigenvalue weighted by atomic mass is 19.1. The van der Waals surface area contributed by atoms with E-state index in [9.17, 15) is 18.7 Å². The molecule has 0 amide bonds. The Labute approximate surface area is 204 Å². The Morgan fingerprint density at radius 2 is 1.81 bits per heavy atom. The van der Waals surface area contributed by atoms with Gasteiger partial charge < -0.3 is 9.67 Å². The van der Waals surface area contributed by atoms with Crippen molar-refractivity contribution in [3.63, 3.8) is 0 Å². The summed E-state index contributed by atoms with van der Waals surface area (Å²) >= 11 is 0. The molecule has 0 bridgehead atoms. The lowest BCUT2D eigenvalue weighted by Gasteiger charge is -2.35. The number of aliphatic hydroxyl groups is 1. The van der Waals surface area contributed by atoms with Crippen LogP contribution in [0, 0.1) is 11.6 Å². The second-order valence-electron chi connectivity index (χ2n) is 8.48. The first-order chi connectivity index (χ1) is 17.3. The quantitative estimate of drug-likeness (QED) is 0.377. The van der Waals surface area contributed by atoms with Gasteiger partial charge >= 0.3 is 0 Å². The fourth-order valence-electron chi connectivity index (χ4n) is 4.29. The predicted octanol–water partition coefficient (Wildman–Crippen LogP) is 3.72. The van der Waals surface area contributed by atoms with Crippen molar-refractivity contribution in [2.45, 2.75) is 25.1 Å². The average Bonchev–Trinajstić information content (AvgIpc) is 3.58. The molecular weight excluding hydrogens is 466 g/mol. The first-order valence-electron chi connectivity index (χ1n) is 11.2. The summed E-state index contributed by atoms with van der Waals surface area (Å²) in [5.74, 6) is -1.70. The fraction of sp³-hybridized carbons (Fsp3) is 0.154. The topological polar surface area (TPSA) is 90.8 Å². The van der Waals surface area contributed by atoms with Gasteiger partial charge in [0.25, 0.3) is 5.56 Å². The van der Waals surface area contributed by atoms with Gasteiger partial charge in [-0.1, -0.05) is 18.2 Å². The third-order valence-electron chi connectivity index (χ3n) is 6.29. The number of halogens is 2. The molecule has 182 valence electrons. The molecule has 0 fully saturated rings. The number of nitrogens with zero attached hydrogens (tertiary/aromatic N) is 6. The number of pyridine rings is 1. The Kier molecular flexibility index (Phi) is 6.03. The third kappa shape index (κ3) is 4.34. The van der Waals surface area contributed by atoms with Crippen LogP contribution in [0.3, 0.4) is 0 Å². The molecule has 8 nitrogen and oxygen atoms in total. The SMILES string of the molecule is C[C@@H](n1ccc(-c2ccc(-n3cccn3)cc2)cc1=O)[C@](O)(Cn1cncn1)c1ccc(F)cc1F. The van der Waals surface area contributed by atoms with Crippen LogP contribution in [0.5, 0.6) is 0 Å². The van der Waals surface area contributed by atoms with Crippen molar-refractivity contribution in [3.8, 4) is 16.8 Å². The van der Waals surface area contributed by atoms with Crippen molar-refractivity contribution in [2.24, 2.45) is 0 Å². The standard InChI is InChI=1S/C26H22F2N6O2/c1-18(26(36,15-32-17-29-16-31-32)23-8-5-21(27)14-24(23)28)33-12-9-20(13-25(33)35)19-3-6-22(7-4-19)34-11-2-10-30-34/h2-14,16-18,36H,15H2,1H3/t18-,26-/m1/s1. The smallest absolute Gasteiger partial charge is 0.251 e. The summed E-state index contributed by atoms with van der Waals surface area (Å²) in [5.41, 5.74) is -0.103. The van der Waals surface area contributed by atoms with Gasteiger partial charge in [0.05, 0.1) is 18.3 Å². The molecule has 5 rings (SSSR count). The molecule has 2 aromatic carbocycles. The molecule has 10 heteroatoms. The zero-order chi connectivity index (χ0) is 25.3. The number of benzene rings is 2. The van der Waals surface area contributed by atoms with E-state index in [-0.39, 0.29) is 12.1 Å². The average molecular weight is 488 g/mol. The van der Waals surface area contributed by atoms with Gasteiger partial charge in [0.15, 0.2) is 0 Å². The van der Waals surface area contributed by atoms with Crippen LogP contribution in [-0.2, 0) is 12.1 Å². The normalized spacial score (nSPS) is 13.9. The predicted molar refractivity (Wildman–Crippen MR) is 128 cm³/mol. The van der Waals surface area contributed by atoms with Crippen LogP contribution in [0.25, 0.3) is 16.8 Å². The fourth-order valence-corrected chi connectivity index (χ4v) is 4.29. The molecule has 0 radical (unpaired) electrons. The van der Waals surface area contributed by atoms with Crippen LogP contribution < -0.4 is 5.56 Å². The van der Waals surface area contributed by atoms with Crippen LogP contribution in [-0.4, -0.2) is 34.2 Å². The highest BCUT2D eigenvalue weighted by Crippen LogP contribution is 2.36. The van der Waals surface area contributed by atoms with Crippen LogP contribution >= 0.6 is 0 Å². The van der Waals surface area contributed by atoms with E-state index in [1.165, 1.54) is 34.0 Å². The molecule has 0 aliphatic carbocycles. The first-order valence-corrected chi connectivity index (χ1v) is 11.2. The van der Waals surface area contributed by atoms with Gasteiger partial charge in [0.2, 0.25) is 0 Å². The number of rotatable bonds is 7. The summed E-state index contributed by atoms with van der Waals surface area (Å²) in [5, 5.41) is 20.0. The molecule has 0 aliphatic heterocycles. The molecule has 5 aromatic rings. The Morgan fingerprint density at radius 1 is 1.00 bits per heavy atom. The molecule has 0 spiro atoms. The zero-order valence-corrected chi connectivity index (χ0v) is 19.2. The van der Waals surface area contributed by atoms with Crippen LogP contribution in [0.1, 0.15) is 18.5 Å². The molecule has 0 saturated carbocycles. The van der Waals surface area contributed by atoms with Gasteiger partial charge in [-0.05, 0) is 48.4 Å². The Balaban J connectivity index is 1.50. The molecule has 0 aliphatic rings. The monoisotopic (exact) mass is 488 g/mol. The number of hydrogen-bond donors (Lipinski definition) is 1. The van der Waals surface area contributed by atoms with Gasteiger partial charge in [-0.2, -0.15) is 10.2 Å². The van der Waals surface area contributed by atoms with E-state index in [1.54, 1.807) is 30.1 Å². The summed E-state index contributed by atoms with van der Waals surface area (Å²) in [6, 6.07) is 14.6. The molecule has 0 saturated heterocycles. The largest absolute Gasteiger partial charge is 0.381 e. The van der Waals surface area contributed by atoms with Crippen LogP contribution in [0.4, 0.5) is 8.78 Å². The Morgan fingerprint density at radius 3 is 2.44 bits per heavy atom. The van der Waals surface area contributed by atoms with Crippen molar-refractivity contribution in [2.75, 3.05) is 0 Å². The van der Waals surface area contributed by atoms with Crippen molar-refractivity contribution < 1.29 is 13.9 Å². The molecule has 36 heavy (non-hydrogen) atoms. The van der Waals surface area contributed by atoms with Gasteiger partial charge in [-0.3, -0.25) is 4.79 Å². The summed E-state index contributed by atoms with van der Waals surface area (Å²) in [4.78, 5) is 17.0. The molecule has 3 heterocycles. The van der Waals surface area contributed by atoms with Gasteiger partial charge in [-0.25, -0.2) is 23.1 Å². The zero-order valence-electron chi connectivity index (χ0n) is 19.2. The van der Waals surface area contributed by atoms with E-state index in [1.807, 2.05) is 36.5 Å². The molecule has 2 atom stereocenters. The van der Waals surface area contributed by atoms with Crippen LogP contribution in [0.2, 0.25) is 0 Å². The highest BCUT2D eigenvalue weighted by molar-refractivity contribution is 5.64. The van der Waals surface area contributed by atoms with Gasteiger partial charge in [-0.15, -0.1) is 0 Å². The second kappa shape index (κ2) is 9.31. The molecule has 1 N–H and O–H groups in total. The first kappa shape index (κ1) is 23.3. The van der Waals surface area contributed by atoms with Crippen LogP contribution in [0.15, 0.2) is 96.7 Å². The van der Waals surface area contributed by atoms with Gasteiger partial charge in [0, 0.05) is 36.3 Å². The third-order valence-corrected chi connectivity index (χ3v) is 6.29. The summed E-state index contributed by atoms with van der Waals surface area (Å²) in [7, 11) is 0. The minimum absolute atomic E-state index is 0.155. The molecule has 3 aromatic heterocycles. The summed E-state index contributed by atoms with van der Waals surface area (Å²) < 4.78 is 32.8. The minimum Gasteiger partial charge on any atom is -0.381 e. The lowest BCUT2D eigenvalue weighted by molar-refractivity contribution is -0.0341. The maximum absolute atomic E-state index is 14.8. The maximum Gasteiger partial charge on any atom is 0.251 e. The van der Waals surface area contributed by atoms with Gasteiger partial charge in [0.1, 0.15) is 29.9 Å². The molecule has 0 unspecified atom stereocenters. The van der Waals surface area contributed by atoms with Crippen molar-refractivity contribution in [1.29, 1.82) is 0 Å². The van der Waals surface area contributed by atoms with Crippen molar-refractivity contribution >= 4 is 0 Å². The van der Waals surface area contributed by atoms with E-state index in [4.69, 9.17) is 0 Å². The summed E-state index contributed by atoms with van der Waals surface area (Å²) in [6.07, 6.45) is 7.73. The van der Waals surface area contributed by atoms with Crippen molar-refractivity contribution in [3.05, 3.63) is 119 Å². The number of hydrogen-bond acceptors (Lipinski definition) is 5. The Bertz CT molecular complexity index is 1530. The summed E-state index contributed by atoms with van der Waals surface area (Å²) in [6.45, 7) is 1.39. The molecular formula is C26H22F2N6O2. The van der Waals surface area contributed by atoms with Crippen molar-refractivity contribution in [1.82, 2.24) is 29.1 Å². The lowest BCUT2D eigenvalue weighted by atomic mass is 9.86. The van der Waals surface area contributed by atoms with E-state index >= 15 is 0 Å². The van der Waals surface area contributed by atoms with E-state index in [2.05, 4.69) is 15.2 Å². The maximum atomic E-state index is 14.8.